The van der Waals surface area contributed by atoms with Gasteiger partial charge < -0.3 is 18.8 Å². The number of rotatable bonds is 3. The van der Waals surface area contributed by atoms with Crippen molar-refractivity contribution in [1.82, 2.24) is 9.88 Å². The number of hydrogen-bond donors (Lipinski definition) is 0. The van der Waals surface area contributed by atoms with Gasteiger partial charge in [0.2, 0.25) is 0 Å². The van der Waals surface area contributed by atoms with Crippen LogP contribution in [0.5, 0.6) is 0 Å². The molecule has 1 aromatic heterocycles. The Kier molecular flexibility index (Phi) is 5.53. The summed E-state index contributed by atoms with van der Waals surface area (Å²) in [6, 6.07) is 5.71. The number of ether oxygens (including phenoxy) is 2. The van der Waals surface area contributed by atoms with E-state index in [1.807, 2.05) is 39.0 Å². The molecule has 1 aliphatic heterocycles. The molecule has 0 bridgehead atoms. The van der Waals surface area contributed by atoms with Crippen molar-refractivity contribution in [1.29, 1.82) is 0 Å². The van der Waals surface area contributed by atoms with Crippen molar-refractivity contribution in [3.63, 3.8) is 0 Å². The minimum atomic E-state index is -0.516. The molecule has 1 saturated heterocycles. The maximum Gasteiger partial charge on any atom is 0.410 e. The molecule has 0 spiro atoms. The lowest BCUT2D eigenvalue weighted by molar-refractivity contribution is -0.0414. The van der Waals surface area contributed by atoms with Gasteiger partial charge in [-0.3, -0.25) is 0 Å². The highest BCUT2D eigenvalue weighted by Crippen LogP contribution is 2.31. The van der Waals surface area contributed by atoms with Crippen molar-refractivity contribution in [3.05, 3.63) is 41.4 Å². The highest BCUT2D eigenvalue weighted by atomic mass is 35.5. The van der Waals surface area contributed by atoms with Crippen LogP contribution in [0.4, 0.5) is 4.79 Å². The first kappa shape index (κ1) is 18.7. The number of carbonyl (C=O) groups is 1. The van der Waals surface area contributed by atoms with Gasteiger partial charge >= 0.3 is 6.09 Å². The average molecular weight is 379 g/mol. The van der Waals surface area contributed by atoms with Crippen LogP contribution in [0.15, 0.2) is 35.3 Å². The van der Waals surface area contributed by atoms with Crippen LogP contribution < -0.4 is 0 Å². The van der Waals surface area contributed by atoms with E-state index in [9.17, 15) is 4.79 Å². The molecule has 1 amide bonds. The fraction of sp³-hybridized carbons (Fsp3) is 0.474. The fourth-order valence-electron chi connectivity index (χ4n) is 2.94. The Balaban J connectivity index is 1.74. The van der Waals surface area contributed by atoms with Crippen molar-refractivity contribution in [2.75, 3.05) is 19.7 Å². The molecule has 1 aromatic carbocycles. The molecule has 0 N–H and O–H groups in total. The fourth-order valence-corrected chi connectivity index (χ4v) is 3.23. The van der Waals surface area contributed by atoms with Gasteiger partial charge in [0.1, 0.15) is 17.6 Å². The zero-order valence-corrected chi connectivity index (χ0v) is 16.0. The van der Waals surface area contributed by atoms with Gasteiger partial charge in [0, 0.05) is 18.5 Å². The van der Waals surface area contributed by atoms with Crippen LogP contribution in [-0.4, -0.2) is 47.4 Å². The van der Waals surface area contributed by atoms with Gasteiger partial charge in [0.25, 0.3) is 0 Å². The summed E-state index contributed by atoms with van der Waals surface area (Å²) in [5, 5.41) is 0.608. The third-order valence-electron chi connectivity index (χ3n) is 4.03. The SMILES string of the molecule is CC(C)(C)OC(=O)N1CCOC(Cc2cccc(Cl)c2-c2cocn2)C1. The van der Waals surface area contributed by atoms with Crippen LogP contribution in [0.25, 0.3) is 11.3 Å². The second-order valence-corrected chi connectivity index (χ2v) is 7.68. The molecule has 140 valence electrons. The van der Waals surface area contributed by atoms with E-state index >= 15 is 0 Å². The summed E-state index contributed by atoms with van der Waals surface area (Å²) in [7, 11) is 0. The van der Waals surface area contributed by atoms with Crippen LogP contribution in [-0.2, 0) is 15.9 Å². The van der Waals surface area contributed by atoms with Crippen LogP contribution in [0.3, 0.4) is 0 Å². The highest BCUT2D eigenvalue weighted by Gasteiger charge is 2.29. The van der Waals surface area contributed by atoms with E-state index in [1.165, 1.54) is 6.39 Å². The van der Waals surface area contributed by atoms with Crippen LogP contribution >= 0.6 is 11.6 Å². The number of hydrogen-bond acceptors (Lipinski definition) is 5. The summed E-state index contributed by atoms with van der Waals surface area (Å²) in [6.45, 7) is 7.05. The number of aromatic nitrogens is 1. The largest absolute Gasteiger partial charge is 0.451 e. The van der Waals surface area contributed by atoms with E-state index in [-0.39, 0.29) is 12.2 Å². The first-order chi connectivity index (χ1) is 12.3. The maximum absolute atomic E-state index is 12.3. The maximum atomic E-state index is 12.3. The lowest BCUT2D eigenvalue weighted by atomic mass is 9.99. The third kappa shape index (κ3) is 4.56. The van der Waals surface area contributed by atoms with Gasteiger partial charge in [-0.15, -0.1) is 0 Å². The molecule has 6 nitrogen and oxygen atoms in total. The summed E-state index contributed by atoms with van der Waals surface area (Å²) < 4.78 is 16.4. The second-order valence-electron chi connectivity index (χ2n) is 7.27. The molecule has 2 heterocycles. The Labute approximate surface area is 158 Å². The molecule has 0 saturated carbocycles. The molecule has 3 rings (SSSR count). The summed E-state index contributed by atoms with van der Waals surface area (Å²) >= 11 is 6.38. The van der Waals surface area contributed by atoms with Crippen LogP contribution in [0.1, 0.15) is 26.3 Å². The zero-order valence-electron chi connectivity index (χ0n) is 15.2. The van der Waals surface area contributed by atoms with Gasteiger partial charge in [-0.05, 0) is 32.4 Å². The minimum Gasteiger partial charge on any atom is -0.451 e. The van der Waals surface area contributed by atoms with E-state index in [1.54, 1.807) is 11.2 Å². The normalized spacial score (nSPS) is 18.0. The standard InChI is InChI=1S/C19H23ClN2O4/c1-19(2,3)26-18(23)22-7-8-25-14(10-22)9-13-5-4-6-15(20)17(13)16-11-24-12-21-16/h4-6,11-12,14H,7-10H2,1-3H3. The topological polar surface area (TPSA) is 64.8 Å². The van der Waals surface area contributed by atoms with Gasteiger partial charge in [-0.25, -0.2) is 9.78 Å². The average Bonchev–Trinajstić information content (AvgIpc) is 3.08. The smallest absolute Gasteiger partial charge is 0.410 e. The number of halogens is 1. The predicted octanol–water partition coefficient (Wildman–Crippen LogP) is 4.17. The molecular formula is C19H23ClN2O4. The first-order valence-corrected chi connectivity index (χ1v) is 8.97. The van der Waals surface area contributed by atoms with Crippen molar-refractivity contribution < 1.29 is 18.7 Å². The van der Waals surface area contributed by atoms with Crippen LogP contribution in [0, 0.1) is 0 Å². The second kappa shape index (κ2) is 7.68. The Morgan fingerprint density at radius 1 is 1.42 bits per heavy atom. The van der Waals surface area contributed by atoms with Gasteiger partial charge in [-0.1, -0.05) is 23.7 Å². The number of oxazole rings is 1. The number of benzene rings is 1. The highest BCUT2D eigenvalue weighted by molar-refractivity contribution is 6.33. The van der Waals surface area contributed by atoms with E-state index in [2.05, 4.69) is 4.98 Å². The molecule has 0 aliphatic carbocycles. The molecule has 1 aliphatic rings. The molecular weight excluding hydrogens is 356 g/mol. The van der Waals surface area contributed by atoms with E-state index in [0.29, 0.717) is 36.8 Å². The molecule has 0 radical (unpaired) electrons. The van der Waals surface area contributed by atoms with Crippen molar-refractivity contribution in [2.24, 2.45) is 0 Å². The van der Waals surface area contributed by atoms with Gasteiger partial charge in [0.15, 0.2) is 6.39 Å². The molecule has 26 heavy (non-hydrogen) atoms. The monoisotopic (exact) mass is 378 g/mol. The van der Waals surface area contributed by atoms with Crippen molar-refractivity contribution in [3.8, 4) is 11.3 Å². The Morgan fingerprint density at radius 2 is 2.23 bits per heavy atom. The van der Waals surface area contributed by atoms with Gasteiger partial charge in [-0.2, -0.15) is 0 Å². The number of amides is 1. The van der Waals surface area contributed by atoms with Gasteiger partial charge in [0.05, 0.1) is 24.3 Å². The predicted molar refractivity (Wildman–Crippen MR) is 98.2 cm³/mol. The molecule has 1 unspecified atom stereocenters. The van der Waals surface area contributed by atoms with E-state index in [4.69, 9.17) is 25.5 Å². The Morgan fingerprint density at radius 3 is 2.92 bits per heavy atom. The van der Waals surface area contributed by atoms with Crippen molar-refractivity contribution in [2.45, 2.75) is 38.9 Å². The number of carbonyl (C=O) groups excluding carboxylic acids is 1. The zero-order chi connectivity index (χ0) is 18.7. The van der Waals surface area contributed by atoms with Crippen molar-refractivity contribution >= 4 is 17.7 Å². The lowest BCUT2D eigenvalue weighted by Crippen LogP contribution is -2.48. The Hall–Kier alpha value is -2.05. The molecule has 1 fully saturated rings. The summed E-state index contributed by atoms with van der Waals surface area (Å²) in [6.07, 6.45) is 3.11. The quantitative estimate of drug-likeness (QED) is 0.801. The summed E-state index contributed by atoms with van der Waals surface area (Å²) in [5.74, 6) is 0. The summed E-state index contributed by atoms with van der Waals surface area (Å²) in [5.41, 5.74) is 2.01. The third-order valence-corrected chi connectivity index (χ3v) is 4.34. The van der Waals surface area contributed by atoms with E-state index in [0.717, 1.165) is 11.1 Å². The van der Waals surface area contributed by atoms with E-state index < -0.39 is 5.60 Å². The minimum absolute atomic E-state index is 0.139. The molecule has 7 heteroatoms. The molecule has 1 atom stereocenters. The van der Waals surface area contributed by atoms with Crippen LogP contribution in [0.2, 0.25) is 5.02 Å². The lowest BCUT2D eigenvalue weighted by Gasteiger charge is -2.34. The Bertz CT molecular complexity index is 755. The molecule has 2 aromatic rings. The number of nitrogens with zero attached hydrogens (tertiary/aromatic N) is 2. The summed E-state index contributed by atoms with van der Waals surface area (Å²) in [4.78, 5) is 18.2. The number of morpholine rings is 1. The first-order valence-electron chi connectivity index (χ1n) is 8.59.